The van der Waals surface area contributed by atoms with Crippen LogP contribution in [0.2, 0.25) is 0 Å². The molecule has 6 heteroatoms. The highest BCUT2D eigenvalue weighted by Crippen LogP contribution is 2.19. The molecule has 0 radical (unpaired) electrons. The number of nitrogens with zero attached hydrogens (tertiary/aromatic N) is 1. The van der Waals surface area contributed by atoms with Gasteiger partial charge < -0.3 is 20.7 Å². The van der Waals surface area contributed by atoms with Gasteiger partial charge in [-0.1, -0.05) is 0 Å². The summed E-state index contributed by atoms with van der Waals surface area (Å²) in [6.07, 6.45) is 1.49. The lowest BCUT2D eigenvalue weighted by Gasteiger charge is -2.15. The maximum Gasteiger partial charge on any atom is 0.323 e. The highest BCUT2D eigenvalue weighted by Gasteiger charge is 2.23. The van der Waals surface area contributed by atoms with E-state index < -0.39 is 18.1 Å². The topological polar surface area (TPSA) is 106 Å². The Morgan fingerprint density at radius 1 is 1.60 bits per heavy atom. The molecule has 0 bridgehead atoms. The number of aliphatic hydroxyl groups is 1. The molecule has 4 N–H and O–H groups in total. The summed E-state index contributed by atoms with van der Waals surface area (Å²) in [5, 5.41) is 18.2. The average Bonchev–Trinajstić information content (AvgIpc) is 2.27. The van der Waals surface area contributed by atoms with Crippen LogP contribution in [0, 0.1) is 0 Å². The molecule has 2 atom stereocenters. The molecule has 82 valence electrons. The number of carboxylic acids is 1. The summed E-state index contributed by atoms with van der Waals surface area (Å²) in [5.41, 5.74) is 5.57. The molecule has 6 nitrogen and oxygen atoms in total. The van der Waals surface area contributed by atoms with E-state index in [1.165, 1.54) is 25.6 Å². The summed E-state index contributed by atoms with van der Waals surface area (Å²) in [6, 6.07) is 0.111. The zero-order valence-corrected chi connectivity index (χ0v) is 8.12. The maximum atomic E-state index is 10.5. The summed E-state index contributed by atoms with van der Waals surface area (Å²) in [7, 11) is 1.45. The molecule has 0 aliphatic rings. The molecular formula is C9H12N2O4. The third-order valence-corrected chi connectivity index (χ3v) is 1.94. The van der Waals surface area contributed by atoms with Gasteiger partial charge in [-0.15, -0.1) is 0 Å². The number of aromatic nitrogens is 1. The van der Waals surface area contributed by atoms with Crippen LogP contribution in [0.15, 0.2) is 18.5 Å². The summed E-state index contributed by atoms with van der Waals surface area (Å²) in [6.45, 7) is 0. The minimum atomic E-state index is -1.38. The zero-order valence-electron chi connectivity index (χ0n) is 8.12. The van der Waals surface area contributed by atoms with Gasteiger partial charge in [0.15, 0.2) is 0 Å². The number of carboxylic acid groups (broad SMARTS) is 1. The Hall–Kier alpha value is -1.66. The SMILES string of the molecule is COc1cncc(C(O)C(N)C(=O)O)c1. The Morgan fingerprint density at radius 2 is 2.27 bits per heavy atom. The average molecular weight is 212 g/mol. The van der Waals surface area contributed by atoms with E-state index in [2.05, 4.69) is 4.98 Å². The number of carbonyl (C=O) groups is 1. The number of aliphatic carboxylic acids is 1. The number of hydrogen-bond donors (Lipinski definition) is 3. The van der Waals surface area contributed by atoms with Crippen molar-refractivity contribution in [2.45, 2.75) is 12.1 Å². The van der Waals surface area contributed by atoms with Crippen LogP contribution in [-0.4, -0.2) is 34.3 Å². The Kier molecular flexibility index (Phi) is 3.59. The molecule has 1 aromatic heterocycles. The fraction of sp³-hybridized carbons (Fsp3) is 0.333. The molecular weight excluding hydrogens is 200 g/mol. The van der Waals surface area contributed by atoms with E-state index in [4.69, 9.17) is 15.6 Å². The van der Waals surface area contributed by atoms with Gasteiger partial charge in [-0.3, -0.25) is 9.78 Å². The van der Waals surface area contributed by atoms with Crippen LogP contribution >= 0.6 is 0 Å². The quantitative estimate of drug-likeness (QED) is 0.623. The van der Waals surface area contributed by atoms with Crippen LogP contribution in [0.3, 0.4) is 0 Å². The first-order valence-electron chi connectivity index (χ1n) is 4.21. The van der Waals surface area contributed by atoms with Gasteiger partial charge in [0.05, 0.1) is 13.3 Å². The lowest BCUT2D eigenvalue weighted by Crippen LogP contribution is -2.36. The second kappa shape index (κ2) is 4.72. The first-order chi connectivity index (χ1) is 7.06. The minimum absolute atomic E-state index is 0.309. The van der Waals surface area contributed by atoms with Gasteiger partial charge in [-0.2, -0.15) is 0 Å². The van der Waals surface area contributed by atoms with Gasteiger partial charge in [-0.25, -0.2) is 0 Å². The third kappa shape index (κ3) is 2.64. The largest absolute Gasteiger partial charge is 0.495 e. The number of rotatable bonds is 4. The molecule has 0 aromatic carbocycles. The van der Waals surface area contributed by atoms with Gasteiger partial charge >= 0.3 is 5.97 Å². The van der Waals surface area contributed by atoms with Crippen molar-refractivity contribution >= 4 is 5.97 Å². The molecule has 0 fully saturated rings. The molecule has 0 spiro atoms. The summed E-state index contributed by atoms with van der Waals surface area (Å²) in [4.78, 5) is 14.3. The molecule has 1 heterocycles. The van der Waals surface area contributed by atoms with E-state index in [1.54, 1.807) is 0 Å². The Morgan fingerprint density at radius 3 is 2.80 bits per heavy atom. The maximum absolute atomic E-state index is 10.5. The van der Waals surface area contributed by atoms with Crippen LogP contribution in [0.25, 0.3) is 0 Å². The number of aliphatic hydroxyl groups excluding tert-OH is 1. The van der Waals surface area contributed by atoms with Crippen molar-refractivity contribution in [3.63, 3.8) is 0 Å². The summed E-state index contributed by atoms with van der Waals surface area (Å²) < 4.78 is 4.88. The third-order valence-electron chi connectivity index (χ3n) is 1.94. The first kappa shape index (κ1) is 11.4. The first-order valence-corrected chi connectivity index (χ1v) is 4.21. The second-order valence-electron chi connectivity index (χ2n) is 2.97. The molecule has 0 aliphatic heterocycles. The molecule has 2 unspecified atom stereocenters. The van der Waals surface area contributed by atoms with Crippen molar-refractivity contribution in [3.05, 3.63) is 24.0 Å². The molecule has 1 aromatic rings. The van der Waals surface area contributed by atoms with Crippen LogP contribution in [0.4, 0.5) is 0 Å². The Labute approximate surface area is 86.3 Å². The van der Waals surface area contributed by atoms with E-state index in [0.29, 0.717) is 11.3 Å². The smallest absolute Gasteiger partial charge is 0.323 e. The Bertz CT molecular complexity index is 356. The van der Waals surface area contributed by atoms with E-state index in [-0.39, 0.29) is 0 Å². The van der Waals surface area contributed by atoms with Crippen molar-refractivity contribution in [2.24, 2.45) is 5.73 Å². The van der Waals surface area contributed by atoms with Crippen molar-refractivity contribution in [1.29, 1.82) is 0 Å². The number of pyridine rings is 1. The van der Waals surface area contributed by atoms with Crippen molar-refractivity contribution in [2.75, 3.05) is 7.11 Å². The number of nitrogens with two attached hydrogens (primary N) is 1. The number of ether oxygens (including phenoxy) is 1. The lowest BCUT2D eigenvalue weighted by molar-refractivity contribution is -0.141. The van der Waals surface area contributed by atoms with Crippen LogP contribution in [0.1, 0.15) is 11.7 Å². The van der Waals surface area contributed by atoms with Crippen molar-refractivity contribution in [3.8, 4) is 5.75 Å². The summed E-state index contributed by atoms with van der Waals surface area (Å²) >= 11 is 0. The predicted octanol–water partition coefficient (Wildman–Crippen LogP) is -0.465. The summed E-state index contributed by atoms with van der Waals surface area (Å²) in [5.74, 6) is -0.838. The Balaban J connectivity index is 2.90. The zero-order chi connectivity index (χ0) is 11.4. The van der Waals surface area contributed by atoms with Crippen molar-refractivity contribution < 1.29 is 19.7 Å². The molecule has 0 aliphatic carbocycles. The van der Waals surface area contributed by atoms with Crippen LogP contribution in [-0.2, 0) is 4.79 Å². The second-order valence-corrected chi connectivity index (χ2v) is 2.97. The number of methoxy groups -OCH3 is 1. The van der Waals surface area contributed by atoms with Crippen LogP contribution < -0.4 is 10.5 Å². The molecule has 0 saturated carbocycles. The minimum Gasteiger partial charge on any atom is -0.495 e. The van der Waals surface area contributed by atoms with Gasteiger partial charge in [0.2, 0.25) is 0 Å². The lowest BCUT2D eigenvalue weighted by atomic mass is 10.1. The fourth-order valence-corrected chi connectivity index (χ4v) is 1.05. The monoisotopic (exact) mass is 212 g/mol. The highest BCUT2D eigenvalue weighted by atomic mass is 16.5. The standard InChI is InChI=1S/C9H12N2O4/c1-15-6-2-5(3-11-4-6)8(12)7(10)9(13)14/h2-4,7-8,12H,10H2,1H3,(H,13,14). The van der Waals surface area contributed by atoms with Crippen molar-refractivity contribution in [1.82, 2.24) is 4.98 Å². The van der Waals surface area contributed by atoms with E-state index in [9.17, 15) is 9.90 Å². The van der Waals surface area contributed by atoms with Gasteiger partial charge in [-0.05, 0) is 6.07 Å². The number of hydrogen-bond acceptors (Lipinski definition) is 5. The van der Waals surface area contributed by atoms with E-state index >= 15 is 0 Å². The van der Waals surface area contributed by atoms with Gasteiger partial charge in [0.25, 0.3) is 0 Å². The van der Waals surface area contributed by atoms with Gasteiger partial charge in [0.1, 0.15) is 17.9 Å². The van der Waals surface area contributed by atoms with Crippen LogP contribution in [0.5, 0.6) is 5.75 Å². The molecule has 0 amide bonds. The fourth-order valence-electron chi connectivity index (χ4n) is 1.05. The molecule has 1 rings (SSSR count). The normalized spacial score (nSPS) is 14.3. The van der Waals surface area contributed by atoms with Gasteiger partial charge in [0, 0.05) is 11.8 Å². The molecule has 0 saturated heterocycles. The molecule has 15 heavy (non-hydrogen) atoms. The van der Waals surface area contributed by atoms with E-state index in [0.717, 1.165) is 0 Å². The van der Waals surface area contributed by atoms with E-state index in [1.807, 2.05) is 0 Å². The highest BCUT2D eigenvalue weighted by molar-refractivity contribution is 5.74. The predicted molar refractivity (Wildman–Crippen MR) is 51.4 cm³/mol.